The van der Waals surface area contributed by atoms with Gasteiger partial charge in [-0.3, -0.25) is 4.79 Å². The minimum absolute atomic E-state index is 0.247. The summed E-state index contributed by atoms with van der Waals surface area (Å²) in [6.07, 6.45) is -0.821. The van der Waals surface area contributed by atoms with E-state index in [-0.39, 0.29) is 5.78 Å². The Bertz CT molecular complexity index is 622. The number of benzene rings is 2. The summed E-state index contributed by atoms with van der Waals surface area (Å²) in [6, 6.07) is 17.9. The van der Waals surface area contributed by atoms with Gasteiger partial charge in [0.2, 0.25) is 0 Å². The van der Waals surface area contributed by atoms with Crippen LogP contribution in [0.4, 0.5) is 0 Å². The van der Waals surface area contributed by atoms with Crippen LogP contribution in [0.5, 0.6) is 0 Å². The summed E-state index contributed by atoms with van der Waals surface area (Å²) in [7, 11) is 0. The Morgan fingerprint density at radius 1 is 0.833 bits per heavy atom. The maximum atomic E-state index is 11.4. The molecule has 4 nitrogen and oxygen atoms in total. The largest absolute Gasteiger partial charge is 0.387 e. The van der Waals surface area contributed by atoms with Crippen molar-refractivity contribution in [1.82, 2.24) is 0 Å². The molecule has 0 aromatic heterocycles. The highest BCUT2D eigenvalue weighted by Crippen LogP contribution is 2.24. The van der Waals surface area contributed by atoms with E-state index in [4.69, 9.17) is 0 Å². The van der Waals surface area contributed by atoms with Gasteiger partial charge < -0.3 is 15.3 Å². The topological polar surface area (TPSA) is 77.8 Å². The molecule has 0 heterocycles. The van der Waals surface area contributed by atoms with E-state index in [0.29, 0.717) is 5.56 Å². The minimum atomic E-state index is -1.28. The van der Waals surface area contributed by atoms with Crippen molar-refractivity contribution in [1.29, 1.82) is 0 Å². The second-order valence-corrected chi connectivity index (χ2v) is 6.72. The Morgan fingerprint density at radius 2 is 1.25 bits per heavy atom. The highest BCUT2D eigenvalue weighted by atomic mass is 16.3. The van der Waals surface area contributed by atoms with Crippen LogP contribution in [0.3, 0.4) is 0 Å². The van der Waals surface area contributed by atoms with Crippen LogP contribution in [0, 0.1) is 0 Å². The molecule has 0 bridgehead atoms. The Balaban J connectivity index is 0.000000240. The van der Waals surface area contributed by atoms with E-state index in [1.165, 1.54) is 13.8 Å². The van der Waals surface area contributed by atoms with Gasteiger partial charge in [-0.1, -0.05) is 60.7 Å². The van der Waals surface area contributed by atoms with Gasteiger partial charge in [0.05, 0.1) is 5.60 Å². The molecule has 0 aliphatic carbocycles. The Morgan fingerprint density at radius 3 is 1.62 bits per heavy atom. The van der Waals surface area contributed by atoms with Gasteiger partial charge in [0, 0.05) is 5.56 Å². The van der Waals surface area contributed by atoms with Crippen molar-refractivity contribution in [3.05, 3.63) is 71.8 Å². The number of hydrogen-bond donors (Lipinski definition) is 3. The maximum absolute atomic E-state index is 11.4. The molecule has 0 fully saturated rings. The number of aliphatic hydroxyl groups is 3. The zero-order valence-electron chi connectivity index (χ0n) is 14.6. The molecule has 1 unspecified atom stereocenters. The van der Waals surface area contributed by atoms with Crippen molar-refractivity contribution in [3.8, 4) is 0 Å². The molecule has 130 valence electrons. The maximum Gasteiger partial charge on any atom is 0.193 e. The predicted molar refractivity (Wildman–Crippen MR) is 94.8 cm³/mol. The average molecular weight is 330 g/mol. The number of ketones is 1. The van der Waals surface area contributed by atoms with Crippen LogP contribution in [0.2, 0.25) is 0 Å². The second kappa shape index (κ2) is 8.20. The van der Waals surface area contributed by atoms with Crippen molar-refractivity contribution in [2.75, 3.05) is 0 Å². The van der Waals surface area contributed by atoms with E-state index in [9.17, 15) is 20.1 Å². The van der Waals surface area contributed by atoms with Crippen molar-refractivity contribution in [3.63, 3.8) is 0 Å². The molecule has 1 atom stereocenters. The number of rotatable bonds is 4. The molecule has 0 saturated carbocycles. The summed E-state index contributed by atoms with van der Waals surface area (Å²) in [5.41, 5.74) is -1.07. The third-order valence-electron chi connectivity index (χ3n) is 3.38. The van der Waals surface area contributed by atoms with Gasteiger partial charge in [0.15, 0.2) is 5.78 Å². The van der Waals surface area contributed by atoms with Gasteiger partial charge in [0.25, 0.3) is 0 Å². The molecule has 0 amide bonds. The molecule has 0 aliphatic rings. The first-order chi connectivity index (χ1) is 11.0. The van der Waals surface area contributed by atoms with Crippen LogP contribution in [0.1, 0.15) is 49.7 Å². The normalized spacial score (nSPS) is 12.8. The van der Waals surface area contributed by atoms with E-state index in [1.54, 1.807) is 50.2 Å². The fourth-order valence-corrected chi connectivity index (χ4v) is 1.99. The number of Topliss-reactive ketones (excluding diaryl/α,β-unsaturated/α-hetero) is 1. The van der Waals surface area contributed by atoms with Crippen LogP contribution in [-0.4, -0.2) is 32.3 Å². The summed E-state index contributed by atoms with van der Waals surface area (Å²) in [5.74, 6) is -0.247. The molecule has 3 N–H and O–H groups in total. The van der Waals surface area contributed by atoms with Crippen molar-refractivity contribution in [2.45, 2.75) is 45.0 Å². The summed E-state index contributed by atoms with van der Waals surface area (Å²) in [6.45, 7) is 6.15. The lowest BCUT2D eigenvalue weighted by atomic mass is 9.95. The monoisotopic (exact) mass is 330 g/mol. The van der Waals surface area contributed by atoms with Gasteiger partial charge in [-0.15, -0.1) is 0 Å². The molecule has 2 aromatic carbocycles. The second-order valence-electron chi connectivity index (χ2n) is 6.72. The Kier molecular flexibility index (Phi) is 6.84. The third kappa shape index (κ3) is 6.24. The highest BCUT2D eigenvalue weighted by molar-refractivity contribution is 6.01. The first-order valence-electron chi connectivity index (χ1n) is 7.81. The van der Waals surface area contributed by atoms with Crippen LogP contribution < -0.4 is 0 Å². The van der Waals surface area contributed by atoms with Gasteiger partial charge in [-0.25, -0.2) is 0 Å². The van der Waals surface area contributed by atoms with E-state index < -0.39 is 17.3 Å². The highest BCUT2D eigenvalue weighted by Gasteiger charge is 2.25. The zero-order valence-corrected chi connectivity index (χ0v) is 14.6. The first kappa shape index (κ1) is 20.0. The van der Waals surface area contributed by atoms with E-state index in [1.807, 2.05) is 24.3 Å². The van der Waals surface area contributed by atoms with Crippen molar-refractivity contribution >= 4 is 5.78 Å². The average Bonchev–Trinajstić information content (AvgIpc) is 2.54. The van der Waals surface area contributed by atoms with Gasteiger partial charge in [-0.05, 0) is 33.3 Å². The number of aliphatic hydroxyl groups excluding tert-OH is 1. The van der Waals surface area contributed by atoms with E-state index >= 15 is 0 Å². The molecule has 2 rings (SSSR count). The SMILES string of the molecule is CC(C)(O)C(=O)c1ccccc1.CC(C)(O)C(O)c1ccccc1. The summed E-state index contributed by atoms with van der Waals surface area (Å²) in [4.78, 5) is 11.4. The first-order valence-corrected chi connectivity index (χ1v) is 7.81. The van der Waals surface area contributed by atoms with Crippen molar-refractivity contribution in [2.24, 2.45) is 0 Å². The molecule has 0 radical (unpaired) electrons. The van der Waals surface area contributed by atoms with Gasteiger partial charge in [-0.2, -0.15) is 0 Å². The lowest BCUT2D eigenvalue weighted by Crippen LogP contribution is -2.30. The summed E-state index contributed by atoms with van der Waals surface area (Å²) in [5, 5.41) is 28.5. The van der Waals surface area contributed by atoms with E-state index in [0.717, 1.165) is 5.56 Å². The molecular weight excluding hydrogens is 304 g/mol. The standard InChI is InChI=1S/C10H14O2.C10H12O2/c2*1-10(2,12)9(11)8-6-4-3-5-7-8/h3-7,9,11-12H,1-2H3;3-7,12H,1-2H3. The smallest absolute Gasteiger partial charge is 0.193 e. The number of carbonyl (C=O) groups is 1. The fraction of sp³-hybridized carbons (Fsp3) is 0.350. The lowest BCUT2D eigenvalue weighted by molar-refractivity contribution is -0.0496. The van der Waals surface area contributed by atoms with Crippen LogP contribution in [-0.2, 0) is 0 Å². The van der Waals surface area contributed by atoms with Crippen LogP contribution in [0.25, 0.3) is 0 Å². The zero-order chi connectivity index (χ0) is 18.4. The van der Waals surface area contributed by atoms with Crippen LogP contribution in [0.15, 0.2) is 60.7 Å². The molecule has 0 spiro atoms. The predicted octanol–water partition coefficient (Wildman–Crippen LogP) is 3.13. The van der Waals surface area contributed by atoms with E-state index in [2.05, 4.69) is 0 Å². The van der Waals surface area contributed by atoms with Gasteiger partial charge in [0.1, 0.15) is 11.7 Å². The van der Waals surface area contributed by atoms with Crippen molar-refractivity contribution < 1.29 is 20.1 Å². The number of hydrogen-bond acceptors (Lipinski definition) is 4. The Labute approximate surface area is 143 Å². The molecular formula is C20H26O4. The molecule has 24 heavy (non-hydrogen) atoms. The molecule has 4 heteroatoms. The number of carbonyl (C=O) groups excluding carboxylic acids is 1. The quantitative estimate of drug-likeness (QED) is 0.753. The Hall–Kier alpha value is -2.01. The fourth-order valence-electron chi connectivity index (χ4n) is 1.99. The third-order valence-corrected chi connectivity index (χ3v) is 3.38. The summed E-state index contributed by atoms with van der Waals surface area (Å²) < 4.78 is 0. The summed E-state index contributed by atoms with van der Waals surface area (Å²) >= 11 is 0. The molecule has 2 aromatic rings. The lowest BCUT2D eigenvalue weighted by Gasteiger charge is -2.24. The minimum Gasteiger partial charge on any atom is -0.387 e. The molecule has 0 saturated heterocycles. The molecule has 0 aliphatic heterocycles. The van der Waals surface area contributed by atoms with Crippen LogP contribution >= 0.6 is 0 Å². The van der Waals surface area contributed by atoms with Gasteiger partial charge >= 0.3 is 0 Å².